The first-order chi connectivity index (χ1) is 25.8. The number of carbonyl (C=O) groups excluding carboxylic acids is 4. The maximum atomic E-state index is 14.4. The topological polar surface area (TPSA) is 93.2 Å². The molecule has 0 saturated heterocycles. The number of hydrogen-bond donors (Lipinski definition) is 0. The fourth-order valence-electron chi connectivity index (χ4n) is 8.79. The third-order valence-corrected chi connectivity index (χ3v) is 11.4. The van der Waals surface area contributed by atoms with Gasteiger partial charge in [0.1, 0.15) is 11.5 Å². The summed E-state index contributed by atoms with van der Waals surface area (Å²) in [5, 5.41) is 6.44. The van der Waals surface area contributed by atoms with E-state index >= 15 is 0 Å². The van der Waals surface area contributed by atoms with Gasteiger partial charge in [0.2, 0.25) is 0 Å². The molecule has 0 atom stereocenters. The van der Waals surface area contributed by atoms with Gasteiger partial charge in [0.05, 0.1) is 19.9 Å². The molecule has 8 heteroatoms. The smallest absolute Gasteiger partial charge is 0.265 e. The van der Waals surface area contributed by atoms with Crippen LogP contribution in [-0.2, 0) is 0 Å². The first-order valence-corrected chi connectivity index (χ1v) is 19.0. The van der Waals surface area contributed by atoms with Crippen molar-refractivity contribution in [1.29, 1.82) is 0 Å². The molecule has 270 valence electrons. The van der Waals surface area contributed by atoms with E-state index in [-0.39, 0.29) is 17.9 Å². The molecule has 0 spiro atoms. The summed E-state index contributed by atoms with van der Waals surface area (Å²) in [4.78, 5) is 60.1. The molecule has 53 heavy (non-hydrogen) atoms. The van der Waals surface area contributed by atoms with Crippen molar-refractivity contribution in [2.24, 2.45) is 0 Å². The predicted molar refractivity (Wildman–Crippen MR) is 210 cm³/mol. The van der Waals surface area contributed by atoms with Crippen molar-refractivity contribution in [3.8, 4) is 11.5 Å². The lowest BCUT2D eigenvalue weighted by Crippen LogP contribution is -2.47. The normalized spacial score (nSPS) is 14.3. The Balaban J connectivity index is 1.26. The zero-order chi connectivity index (χ0) is 37.0. The molecule has 2 aliphatic heterocycles. The number of ether oxygens (including phenoxy) is 2. The molecule has 0 aliphatic carbocycles. The lowest BCUT2D eigenvalue weighted by Gasteiger charge is -2.35. The predicted octanol–water partition coefficient (Wildman–Crippen LogP) is 10.5. The molecule has 0 unspecified atom stereocenters. The highest BCUT2D eigenvalue weighted by molar-refractivity contribution is 6.43. The number of rotatable bonds is 14. The molecule has 0 aromatic heterocycles. The van der Waals surface area contributed by atoms with Gasteiger partial charge >= 0.3 is 0 Å². The SMILES string of the molecule is CCCCCCC(CCCCCC)N1C(=O)c2ccc3c4ccc5c6c(ccc(c7ccc(c2c37)C1=O)c64)C(=O)N(c1cc(OC)cc(OC)c1)C5=O. The second kappa shape index (κ2) is 13.8. The minimum atomic E-state index is -0.437. The van der Waals surface area contributed by atoms with Gasteiger partial charge in [0.15, 0.2) is 0 Å². The average Bonchev–Trinajstić information content (AvgIpc) is 3.18. The maximum absolute atomic E-state index is 14.4. The van der Waals surface area contributed by atoms with Crippen LogP contribution in [-0.4, -0.2) is 48.8 Å². The van der Waals surface area contributed by atoms with Gasteiger partial charge in [-0.2, -0.15) is 0 Å². The van der Waals surface area contributed by atoms with Gasteiger partial charge in [-0.3, -0.25) is 24.1 Å². The Morgan fingerprint density at radius 2 is 0.887 bits per heavy atom. The maximum Gasteiger partial charge on any atom is 0.265 e. The number of imide groups is 2. The van der Waals surface area contributed by atoms with E-state index < -0.39 is 11.8 Å². The van der Waals surface area contributed by atoms with Gasteiger partial charge in [0.25, 0.3) is 23.6 Å². The van der Waals surface area contributed by atoms with Crippen molar-refractivity contribution in [2.45, 2.75) is 84.1 Å². The van der Waals surface area contributed by atoms with Gasteiger partial charge in [-0.15, -0.1) is 0 Å². The number of anilines is 1. The molecule has 0 saturated carbocycles. The Morgan fingerprint density at radius 3 is 1.26 bits per heavy atom. The van der Waals surface area contributed by atoms with Crippen molar-refractivity contribution in [3.05, 3.63) is 89.0 Å². The Kier molecular flexibility index (Phi) is 9.01. The Morgan fingerprint density at radius 1 is 0.491 bits per heavy atom. The molecular formula is C45H44N2O6. The highest BCUT2D eigenvalue weighted by atomic mass is 16.5. The van der Waals surface area contributed by atoms with Gasteiger partial charge in [-0.05, 0) is 69.4 Å². The fourth-order valence-corrected chi connectivity index (χ4v) is 8.79. The van der Waals surface area contributed by atoms with Crippen LogP contribution in [0.2, 0.25) is 0 Å². The van der Waals surface area contributed by atoms with E-state index in [4.69, 9.17) is 9.47 Å². The van der Waals surface area contributed by atoms with Crippen molar-refractivity contribution < 1.29 is 28.7 Å². The van der Waals surface area contributed by atoms with Crippen LogP contribution in [0.5, 0.6) is 11.5 Å². The fraction of sp³-hybridized carbons (Fsp3) is 0.333. The lowest BCUT2D eigenvalue weighted by atomic mass is 9.82. The lowest BCUT2D eigenvalue weighted by molar-refractivity contribution is 0.0516. The molecule has 6 aromatic carbocycles. The Bertz CT molecular complexity index is 2310. The Hall–Kier alpha value is -5.50. The van der Waals surface area contributed by atoms with Crippen molar-refractivity contribution in [2.75, 3.05) is 19.1 Å². The highest BCUT2D eigenvalue weighted by Gasteiger charge is 2.39. The third kappa shape index (κ3) is 5.41. The molecule has 0 radical (unpaired) electrons. The minimum Gasteiger partial charge on any atom is -0.497 e. The van der Waals surface area contributed by atoms with Crippen molar-refractivity contribution in [3.63, 3.8) is 0 Å². The highest BCUT2D eigenvalue weighted by Crippen LogP contribution is 2.47. The molecule has 4 amide bonds. The van der Waals surface area contributed by atoms with Crippen LogP contribution in [0, 0.1) is 0 Å². The second-order valence-corrected chi connectivity index (χ2v) is 14.5. The molecule has 0 N–H and O–H groups in total. The molecule has 6 aromatic rings. The van der Waals surface area contributed by atoms with Crippen LogP contribution in [0.1, 0.15) is 119 Å². The molecule has 8 rings (SSSR count). The number of fused-ring (bicyclic) bond motifs is 2. The van der Waals surface area contributed by atoms with E-state index in [1.165, 1.54) is 19.1 Å². The summed E-state index contributed by atoms with van der Waals surface area (Å²) < 4.78 is 10.9. The Labute approximate surface area is 309 Å². The molecular weight excluding hydrogens is 665 g/mol. The van der Waals surface area contributed by atoms with Gasteiger partial charge in [0, 0.05) is 57.3 Å². The van der Waals surface area contributed by atoms with Crippen LogP contribution in [0.15, 0.2) is 66.7 Å². The zero-order valence-electron chi connectivity index (χ0n) is 30.8. The number of carbonyl (C=O) groups is 4. The van der Waals surface area contributed by atoms with Crippen LogP contribution in [0.4, 0.5) is 5.69 Å². The van der Waals surface area contributed by atoms with E-state index in [0.29, 0.717) is 50.2 Å². The van der Waals surface area contributed by atoms with E-state index in [1.807, 2.05) is 36.4 Å². The number of amides is 4. The summed E-state index contributed by atoms with van der Waals surface area (Å²) in [6.07, 6.45) is 10.4. The standard InChI is InChI=1S/C45H44N2O6/c1-5-7-9-11-13-26(14-12-10-8-6-2)46-42(48)34-19-15-30-32-17-21-36-41-37(45(51)47(44(36)50)27-23-28(52-3)25-29(24-27)53-4)22-18-33(39(32)41)31-16-20-35(43(46)49)40(34)38(30)31/h15-26H,5-14H2,1-4H3. The summed E-state index contributed by atoms with van der Waals surface area (Å²) in [6, 6.07) is 20.0. The molecule has 0 bridgehead atoms. The minimum absolute atomic E-state index is 0.135. The van der Waals surface area contributed by atoms with Crippen LogP contribution < -0.4 is 14.4 Å². The van der Waals surface area contributed by atoms with Gasteiger partial charge in [-0.1, -0.05) is 89.5 Å². The summed E-state index contributed by atoms with van der Waals surface area (Å²) in [6.45, 7) is 4.38. The third-order valence-electron chi connectivity index (χ3n) is 11.4. The number of unbranched alkanes of at least 4 members (excludes halogenated alkanes) is 6. The van der Waals surface area contributed by atoms with Gasteiger partial charge in [-0.25, -0.2) is 4.90 Å². The largest absolute Gasteiger partial charge is 0.497 e. The molecule has 0 fully saturated rings. The van der Waals surface area contributed by atoms with Crippen molar-refractivity contribution >= 4 is 72.4 Å². The molecule has 2 heterocycles. The summed E-state index contributed by atoms with van der Waals surface area (Å²) in [5.41, 5.74) is 2.29. The number of methoxy groups -OCH3 is 2. The number of hydrogen-bond acceptors (Lipinski definition) is 6. The van der Waals surface area contributed by atoms with Crippen LogP contribution in [0.3, 0.4) is 0 Å². The van der Waals surface area contributed by atoms with Crippen molar-refractivity contribution in [1.82, 2.24) is 4.90 Å². The number of benzene rings is 6. The number of nitrogens with zero attached hydrogens (tertiary/aromatic N) is 2. The monoisotopic (exact) mass is 708 g/mol. The van der Waals surface area contributed by atoms with Crippen LogP contribution in [0.25, 0.3) is 43.1 Å². The van der Waals surface area contributed by atoms with E-state index in [2.05, 4.69) is 13.8 Å². The van der Waals surface area contributed by atoms with Crippen LogP contribution >= 0.6 is 0 Å². The van der Waals surface area contributed by atoms with E-state index in [0.717, 1.165) is 96.5 Å². The quantitative estimate of drug-likeness (QED) is 0.0484. The molecule has 8 nitrogen and oxygen atoms in total. The van der Waals surface area contributed by atoms with E-state index in [9.17, 15) is 19.2 Å². The zero-order valence-corrected chi connectivity index (χ0v) is 30.8. The summed E-state index contributed by atoms with van der Waals surface area (Å²) in [7, 11) is 3.04. The summed E-state index contributed by atoms with van der Waals surface area (Å²) in [5.74, 6) is -0.391. The molecule has 2 aliphatic rings. The average molecular weight is 709 g/mol. The first-order valence-electron chi connectivity index (χ1n) is 19.0. The first kappa shape index (κ1) is 34.6. The summed E-state index contributed by atoms with van der Waals surface area (Å²) >= 11 is 0. The van der Waals surface area contributed by atoms with E-state index in [1.54, 1.807) is 35.2 Å². The second-order valence-electron chi connectivity index (χ2n) is 14.5. The van der Waals surface area contributed by atoms with Gasteiger partial charge < -0.3 is 9.47 Å².